The number of H-pyrrole nitrogens is 1. The number of nitrogens with zero attached hydrogens (tertiary/aromatic N) is 3. The third kappa shape index (κ3) is 4.02. The number of carbonyl (C=O) groups is 1. The number of aromatic nitrogens is 3. The van der Waals surface area contributed by atoms with Crippen LogP contribution in [0.3, 0.4) is 0 Å². The molecular formula is C20H28ClN7O. The molecule has 3 aliphatic rings. The summed E-state index contributed by atoms with van der Waals surface area (Å²) < 4.78 is 0. The van der Waals surface area contributed by atoms with Crippen molar-refractivity contribution in [2.75, 3.05) is 26.2 Å². The Morgan fingerprint density at radius 2 is 2.00 bits per heavy atom. The van der Waals surface area contributed by atoms with E-state index in [0.29, 0.717) is 18.5 Å². The summed E-state index contributed by atoms with van der Waals surface area (Å²) in [5.41, 5.74) is 7.59. The number of nitrogens with one attached hydrogen (secondary N) is 4. The van der Waals surface area contributed by atoms with Crippen LogP contribution in [-0.2, 0) is 4.79 Å². The molecule has 156 valence electrons. The van der Waals surface area contributed by atoms with E-state index in [4.69, 9.17) is 4.98 Å². The number of benzene rings is 1. The zero-order valence-electron chi connectivity index (χ0n) is 16.3. The molecule has 2 aromatic rings. The van der Waals surface area contributed by atoms with Crippen LogP contribution in [0.25, 0.3) is 11.4 Å². The van der Waals surface area contributed by atoms with Crippen LogP contribution in [-0.4, -0.2) is 64.3 Å². The van der Waals surface area contributed by atoms with Gasteiger partial charge in [0.25, 0.3) is 0 Å². The summed E-state index contributed by atoms with van der Waals surface area (Å²) in [5, 5.41) is 10.9. The average molecular weight is 418 g/mol. The van der Waals surface area contributed by atoms with Crippen molar-refractivity contribution in [1.29, 1.82) is 0 Å². The normalized spacial score (nSPS) is 29.2. The first-order chi connectivity index (χ1) is 13.8. The maximum Gasteiger partial charge on any atom is 0.241 e. The number of hydrazine groups is 1. The van der Waals surface area contributed by atoms with Crippen molar-refractivity contribution in [2.45, 2.75) is 37.3 Å². The Kier molecular flexibility index (Phi) is 6.15. The van der Waals surface area contributed by atoms with Crippen LogP contribution in [0.15, 0.2) is 30.3 Å². The summed E-state index contributed by atoms with van der Waals surface area (Å²) >= 11 is 0. The lowest BCUT2D eigenvalue weighted by atomic mass is 9.88. The van der Waals surface area contributed by atoms with Gasteiger partial charge in [0.2, 0.25) is 5.91 Å². The van der Waals surface area contributed by atoms with Crippen LogP contribution in [0.1, 0.15) is 31.0 Å². The van der Waals surface area contributed by atoms with E-state index in [1.54, 1.807) is 0 Å². The number of likely N-dealkylation sites (tertiary alicyclic amines) is 1. The zero-order valence-corrected chi connectivity index (χ0v) is 17.1. The minimum atomic E-state index is -0.147. The first kappa shape index (κ1) is 20.3. The second-order valence-electron chi connectivity index (χ2n) is 8.06. The summed E-state index contributed by atoms with van der Waals surface area (Å²) in [6.07, 6.45) is 3.08. The summed E-state index contributed by atoms with van der Waals surface area (Å²) in [6, 6.07) is 10.2. The minimum Gasteiger partial charge on any atom is -0.341 e. The Labute approximate surface area is 176 Å². The summed E-state index contributed by atoms with van der Waals surface area (Å²) in [5.74, 6) is 2.33. The van der Waals surface area contributed by atoms with Crippen molar-refractivity contribution in [3.05, 3.63) is 36.2 Å². The third-order valence-corrected chi connectivity index (χ3v) is 6.30. The molecule has 3 fully saturated rings. The average Bonchev–Trinajstić information content (AvgIpc) is 3.42. The first-order valence-corrected chi connectivity index (χ1v) is 10.3. The van der Waals surface area contributed by atoms with Crippen molar-refractivity contribution in [1.82, 2.24) is 36.2 Å². The van der Waals surface area contributed by atoms with Crippen LogP contribution < -0.4 is 16.2 Å². The lowest BCUT2D eigenvalue weighted by molar-refractivity contribution is -0.135. The molecule has 29 heavy (non-hydrogen) atoms. The standard InChI is InChI=1S/C20H27N7O.ClH/c28-20(17-15-11-21-9-8-16(15)23-24-17)27-10-4-7-14(12-27)19-22-18(25-26-19)13-5-2-1-3-6-13;/h1-3,5-6,14-17,21,23-24H,4,7-12H2,(H,22,25,26);1H. The maximum atomic E-state index is 13.2. The highest BCUT2D eigenvalue weighted by Crippen LogP contribution is 2.28. The predicted octanol–water partition coefficient (Wildman–Crippen LogP) is 1.05. The molecule has 4 N–H and O–H groups in total. The number of piperidine rings is 2. The number of amides is 1. The lowest BCUT2D eigenvalue weighted by Gasteiger charge is -2.35. The van der Waals surface area contributed by atoms with Crippen LogP contribution in [0, 0.1) is 5.92 Å². The molecule has 1 amide bonds. The molecule has 0 radical (unpaired) electrons. The van der Waals surface area contributed by atoms with E-state index >= 15 is 0 Å². The van der Waals surface area contributed by atoms with Gasteiger partial charge >= 0.3 is 0 Å². The molecule has 5 rings (SSSR count). The van der Waals surface area contributed by atoms with Gasteiger partial charge < -0.3 is 10.2 Å². The number of rotatable bonds is 3. The number of fused-ring (bicyclic) bond motifs is 1. The smallest absolute Gasteiger partial charge is 0.241 e. The van der Waals surface area contributed by atoms with Gasteiger partial charge in [0.15, 0.2) is 5.82 Å². The Hall–Kier alpha value is -2.00. The molecular weight excluding hydrogens is 390 g/mol. The topological polar surface area (TPSA) is 98.0 Å². The Morgan fingerprint density at radius 3 is 2.86 bits per heavy atom. The molecule has 0 saturated carbocycles. The van der Waals surface area contributed by atoms with E-state index in [2.05, 4.69) is 26.4 Å². The fourth-order valence-electron chi connectivity index (χ4n) is 4.73. The van der Waals surface area contributed by atoms with Gasteiger partial charge in [0.1, 0.15) is 11.9 Å². The van der Waals surface area contributed by atoms with Gasteiger partial charge in [-0.25, -0.2) is 10.4 Å². The molecule has 1 aromatic carbocycles. The van der Waals surface area contributed by atoms with Crippen LogP contribution in [0.4, 0.5) is 0 Å². The van der Waals surface area contributed by atoms with Gasteiger partial charge in [-0.05, 0) is 25.8 Å². The fraction of sp³-hybridized carbons (Fsp3) is 0.550. The first-order valence-electron chi connectivity index (χ1n) is 10.3. The Morgan fingerprint density at radius 1 is 1.14 bits per heavy atom. The van der Waals surface area contributed by atoms with Gasteiger partial charge in [0, 0.05) is 43.1 Å². The van der Waals surface area contributed by atoms with E-state index in [9.17, 15) is 4.79 Å². The van der Waals surface area contributed by atoms with E-state index in [-0.39, 0.29) is 30.3 Å². The molecule has 4 atom stereocenters. The van der Waals surface area contributed by atoms with Crippen molar-refractivity contribution < 1.29 is 4.79 Å². The van der Waals surface area contributed by atoms with E-state index in [1.807, 2.05) is 35.2 Å². The van der Waals surface area contributed by atoms with E-state index < -0.39 is 0 Å². The number of aromatic amines is 1. The number of hydrogen-bond acceptors (Lipinski definition) is 6. The maximum absolute atomic E-state index is 13.2. The second-order valence-corrected chi connectivity index (χ2v) is 8.06. The summed E-state index contributed by atoms with van der Waals surface area (Å²) in [4.78, 5) is 19.9. The van der Waals surface area contributed by atoms with Crippen molar-refractivity contribution in [3.63, 3.8) is 0 Å². The third-order valence-electron chi connectivity index (χ3n) is 6.30. The molecule has 0 bridgehead atoms. The van der Waals surface area contributed by atoms with Crippen LogP contribution in [0.2, 0.25) is 0 Å². The van der Waals surface area contributed by atoms with Crippen LogP contribution in [0.5, 0.6) is 0 Å². The minimum absolute atomic E-state index is 0. The lowest BCUT2D eigenvalue weighted by Crippen LogP contribution is -2.52. The Bertz CT molecular complexity index is 829. The molecule has 0 spiro atoms. The molecule has 3 aliphatic heterocycles. The molecule has 0 aliphatic carbocycles. The highest BCUT2D eigenvalue weighted by Gasteiger charge is 2.43. The summed E-state index contributed by atoms with van der Waals surface area (Å²) in [7, 11) is 0. The second kappa shape index (κ2) is 8.79. The fourth-order valence-corrected chi connectivity index (χ4v) is 4.73. The van der Waals surface area contributed by atoms with Crippen molar-refractivity contribution >= 4 is 18.3 Å². The summed E-state index contributed by atoms with van der Waals surface area (Å²) in [6.45, 7) is 3.42. The molecule has 4 heterocycles. The zero-order chi connectivity index (χ0) is 18.9. The van der Waals surface area contributed by atoms with E-state index in [0.717, 1.165) is 56.1 Å². The van der Waals surface area contributed by atoms with Gasteiger partial charge in [0.05, 0.1) is 0 Å². The number of carbonyl (C=O) groups excluding carboxylic acids is 1. The quantitative estimate of drug-likeness (QED) is 0.596. The predicted molar refractivity (Wildman–Crippen MR) is 112 cm³/mol. The van der Waals surface area contributed by atoms with Crippen LogP contribution >= 0.6 is 12.4 Å². The monoisotopic (exact) mass is 417 g/mol. The number of hydrogen-bond donors (Lipinski definition) is 4. The van der Waals surface area contributed by atoms with Gasteiger partial charge in [-0.3, -0.25) is 15.3 Å². The van der Waals surface area contributed by atoms with Crippen molar-refractivity contribution in [2.24, 2.45) is 5.92 Å². The highest BCUT2D eigenvalue weighted by molar-refractivity contribution is 5.85. The Balaban J connectivity index is 0.00000205. The number of halogens is 1. The molecule has 8 nitrogen and oxygen atoms in total. The highest BCUT2D eigenvalue weighted by atomic mass is 35.5. The largest absolute Gasteiger partial charge is 0.341 e. The molecule has 9 heteroatoms. The molecule has 3 saturated heterocycles. The molecule has 1 aromatic heterocycles. The molecule has 4 unspecified atom stereocenters. The van der Waals surface area contributed by atoms with E-state index in [1.165, 1.54) is 0 Å². The van der Waals surface area contributed by atoms with Gasteiger partial charge in [-0.1, -0.05) is 30.3 Å². The van der Waals surface area contributed by atoms with Gasteiger partial charge in [-0.15, -0.1) is 12.4 Å². The SMILES string of the molecule is Cl.O=C(C1NNC2CCNCC21)N1CCCC(c2nc(-c3ccccc3)n[nH]2)C1. The van der Waals surface area contributed by atoms with Crippen molar-refractivity contribution in [3.8, 4) is 11.4 Å². The van der Waals surface area contributed by atoms with Gasteiger partial charge in [-0.2, -0.15) is 5.10 Å².